The summed E-state index contributed by atoms with van der Waals surface area (Å²) in [7, 11) is 0. The molecule has 5 N–H and O–H groups in total. The van der Waals surface area contributed by atoms with Crippen LogP contribution in [-0.2, 0) is 0 Å². The van der Waals surface area contributed by atoms with Crippen molar-refractivity contribution < 1.29 is 20.4 Å². The second-order valence-electron chi connectivity index (χ2n) is 5.27. The van der Waals surface area contributed by atoms with Crippen molar-refractivity contribution in [3.63, 3.8) is 0 Å². The van der Waals surface area contributed by atoms with Gasteiger partial charge in [-0.05, 0) is 6.42 Å². The van der Waals surface area contributed by atoms with E-state index in [9.17, 15) is 20.4 Å². The van der Waals surface area contributed by atoms with Crippen LogP contribution in [0.2, 0.25) is 0 Å². The van der Waals surface area contributed by atoms with E-state index in [2.05, 4.69) is 15.3 Å². The van der Waals surface area contributed by atoms with Crippen molar-refractivity contribution in [3.05, 3.63) is 12.0 Å². The van der Waals surface area contributed by atoms with Gasteiger partial charge in [0.05, 0.1) is 31.4 Å². The highest BCUT2D eigenvalue weighted by atomic mass is 16.3. The minimum Gasteiger partial charge on any atom is -0.396 e. The lowest BCUT2D eigenvalue weighted by Crippen LogP contribution is -2.30. The molecule has 20 heavy (non-hydrogen) atoms. The summed E-state index contributed by atoms with van der Waals surface area (Å²) in [6.07, 6.45) is 0.706. The summed E-state index contributed by atoms with van der Waals surface area (Å²) in [6.45, 7) is 0.0508. The van der Waals surface area contributed by atoms with E-state index in [0.717, 1.165) is 0 Å². The molecule has 1 saturated carbocycles. The van der Waals surface area contributed by atoms with Gasteiger partial charge in [0.1, 0.15) is 23.7 Å². The Morgan fingerprint density at radius 3 is 2.80 bits per heavy atom. The number of anilines is 1. The van der Waals surface area contributed by atoms with Crippen molar-refractivity contribution in [1.29, 1.82) is 0 Å². The Morgan fingerprint density at radius 1 is 1.30 bits per heavy atom. The number of nitrogens with zero attached hydrogens (tertiary/aromatic N) is 3. The SMILES string of the molecule is OC[C@@H]1C[C@@H](n2cnc3c2NC=NC[C@H]3O)[C@H](O)[C@@H]1O. The van der Waals surface area contributed by atoms with Crippen LogP contribution < -0.4 is 5.32 Å². The standard InChI is InChI=1S/C12H18N4O4/c17-3-6-1-7(11(20)10(6)19)16-5-15-9-8(18)2-13-4-14-12(9)16/h4-8,10-11,17-20H,1-3H2,(H,13,14)/t6-,7+,8+,10+,11-/m0/s1. The van der Waals surface area contributed by atoms with E-state index in [1.165, 1.54) is 12.7 Å². The first-order valence-electron chi connectivity index (χ1n) is 6.60. The molecule has 1 aromatic rings. The summed E-state index contributed by atoms with van der Waals surface area (Å²) in [5.74, 6) is 0.200. The van der Waals surface area contributed by atoms with Crippen LogP contribution in [-0.4, -0.2) is 61.7 Å². The molecule has 0 radical (unpaired) electrons. The van der Waals surface area contributed by atoms with E-state index < -0.39 is 24.4 Å². The van der Waals surface area contributed by atoms with Crippen LogP contribution in [0.25, 0.3) is 0 Å². The Bertz CT molecular complexity index is 518. The molecular weight excluding hydrogens is 264 g/mol. The predicted molar refractivity (Wildman–Crippen MR) is 70.4 cm³/mol. The van der Waals surface area contributed by atoms with Crippen LogP contribution >= 0.6 is 0 Å². The molecule has 1 aliphatic heterocycles. The van der Waals surface area contributed by atoms with E-state index in [-0.39, 0.29) is 19.1 Å². The fraction of sp³-hybridized carbons (Fsp3) is 0.667. The molecule has 3 rings (SSSR count). The summed E-state index contributed by atoms with van der Waals surface area (Å²) in [4.78, 5) is 8.15. The van der Waals surface area contributed by atoms with Gasteiger partial charge in [-0.2, -0.15) is 0 Å². The van der Waals surface area contributed by atoms with E-state index in [1.807, 2.05) is 0 Å². The number of hydrogen-bond donors (Lipinski definition) is 5. The van der Waals surface area contributed by atoms with Crippen LogP contribution in [0.3, 0.4) is 0 Å². The molecule has 1 fully saturated rings. The number of aromatic nitrogens is 2. The Kier molecular flexibility index (Phi) is 3.47. The van der Waals surface area contributed by atoms with Gasteiger partial charge in [0.2, 0.25) is 0 Å². The normalized spacial score (nSPS) is 36.5. The zero-order chi connectivity index (χ0) is 14.3. The number of imidazole rings is 1. The lowest BCUT2D eigenvalue weighted by molar-refractivity contribution is -0.00386. The second kappa shape index (κ2) is 5.13. The summed E-state index contributed by atoms with van der Waals surface area (Å²) < 4.78 is 1.69. The monoisotopic (exact) mass is 282 g/mol. The number of rotatable bonds is 2. The molecule has 110 valence electrons. The largest absolute Gasteiger partial charge is 0.396 e. The first-order valence-corrected chi connectivity index (χ1v) is 6.60. The topological polar surface area (TPSA) is 123 Å². The van der Waals surface area contributed by atoms with E-state index in [4.69, 9.17) is 0 Å². The Morgan fingerprint density at radius 2 is 2.10 bits per heavy atom. The molecule has 8 heteroatoms. The maximum atomic E-state index is 10.1. The van der Waals surface area contributed by atoms with Gasteiger partial charge in [-0.3, -0.25) is 4.99 Å². The first kappa shape index (κ1) is 13.5. The minimum atomic E-state index is -0.982. The molecule has 2 aliphatic rings. The molecule has 5 atom stereocenters. The molecule has 0 aromatic carbocycles. The van der Waals surface area contributed by atoms with Crippen LogP contribution in [0.5, 0.6) is 0 Å². The minimum absolute atomic E-state index is 0.177. The van der Waals surface area contributed by atoms with Crippen molar-refractivity contribution in [2.24, 2.45) is 10.9 Å². The molecule has 0 amide bonds. The van der Waals surface area contributed by atoms with E-state index in [1.54, 1.807) is 4.57 Å². The third-order valence-electron chi connectivity index (χ3n) is 4.07. The molecule has 1 aromatic heterocycles. The van der Waals surface area contributed by atoms with Crippen molar-refractivity contribution in [1.82, 2.24) is 9.55 Å². The van der Waals surface area contributed by atoms with Crippen molar-refractivity contribution in [3.8, 4) is 0 Å². The average molecular weight is 282 g/mol. The lowest BCUT2D eigenvalue weighted by atomic mass is 10.1. The smallest absolute Gasteiger partial charge is 0.137 e. The molecule has 2 heterocycles. The maximum absolute atomic E-state index is 10.1. The van der Waals surface area contributed by atoms with Crippen molar-refractivity contribution >= 4 is 12.2 Å². The number of aliphatic hydroxyl groups excluding tert-OH is 4. The zero-order valence-electron chi connectivity index (χ0n) is 10.8. The highest BCUT2D eigenvalue weighted by Gasteiger charge is 2.43. The Hall–Kier alpha value is -1.48. The van der Waals surface area contributed by atoms with Crippen LogP contribution in [0.15, 0.2) is 11.3 Å². The van der Waals surface area contributed by atoms with Gasteiger partial charge < -0.3 is 30.3 Å². The molecule has 0 unspecified atom stereocenters. The first-order chi connectivity index (χ1) is 9.63. The fourth-order valence-electron chi connectivity index (χ4n) is 2.92. The maximum Gasteiger partial charge on any atom is 0.137 e. The summed E-state index contributed by atoms with van der Waals surface area (Å²) in [6, 6.07) is -0.399. The van der Waals surface area contributed by atoms with Gasteiger partial charge in [0, 0.05) is 12.5 Å². The molecule has 8 nitrogen and oxygen atoms in total. The third-order valence-corrected chi connectivity index (χ3v) is 4.07. The third kappa shape index (κ3) is 2.01. The van der Waals surface area contributed by atoms with Gasteiger partial charge in [-0.15, -0.1) is 0 Å². The average Bonchev–Trinajstić information content (AvgIpc) is 2.92. The molecule has 1 aliphatic carbocycles. The summed E-state index contributed by atoms with van der Waals surface area (Å²) in [5, 5.41) is 42.1. The lowest BCUT2D eigenvalue weighted by Gasteiger charge is -2.20. The summed E-state index contributed by atoms with van der Waals surface area (Å²) >= 11 is 0. The number of nitrogens with one attached hydrogen (secondary N) is 1. The fourth-order valence-corrected chi connectivity index (χ4v) is 2.92. The van der Waals surface area contributed by atoms with Crippen LogP contribution in [0.4, 0.5) is 5.82 Å². The van der Waals surface area contributed by atoms with Crippen molar-refractivity contribution in [2.45, 2.75) is 30.8 Å². The Labute approximate surface area is 115 Å². The quantitative estimate of drug-likeness (QED) is 0.457. The zero-order valence-corrected chi connectivity index (χ0v) is 10.8. The highest BCUT2D eigenvalue weighted by Crippen LogP contribution is 2.38. The number of aliphatic imine (C=N–C) groups is 1. The second-order valence-corrected chi connectivity index (χ2v) is 5.27. The predicted octanol–water partition coefficient (Wildman–Crippen LogP) is -1.35. The van der Waals surface area contributed by atoms with E-state index >= 15 is 0 Å². The van der Waals surface area contributed by atoms with Crippen LogP contribution in [0.1, 0.15) is 24.3 Å². The van der Waals surface area contributed by atoms with Crippen molar-refractivity contribution in [2.75, 3.05) is 18.5 Å². The number of aliphatic hydroxyl groups is 4. The number of hydrogen-bond acceptors (Lipinski definition) is 7. The molecule has 0 bridgehead atoms. The van der Waals surface area contributed by atoms with Gasteiger partial charge in [-0.25, -0.2) is 4.98 Å². The molecule has 0 spiro atoms. The molecular formula is C12H18N4O4. The van der Waals surface area contributed by atoms with Gasteiger partial charge >= 0.3 is 0 Å². The van der Waals surface area contributed by atoms with E-state index in [0.29, 0.717) is 17.9 Å². The van der Waals surface area contributed by atoms with Crippen LogP contribution in [0, 0.1) is 5.92 Å². The van der Waals surface area contributed by atoms with Gasteiger partial charge in [-0.1, -0.05) is 0 Å². The molecule has 0 saturated heterocycles. The summed E-state index contributed by atoms with van der Waals surface area (Å²) in [5.41, 5.74) is 0.469. The Balaban J connectivity index is 1.94. The van der Waals surface area contributed by atoms with Gasteiger partial charge in [0.25, 0.3) is 0 Å². The van der Waals surface area contributed by atoms with Gasteiger partial charge in [0.15, 0.2) is 0 Å². The number of fused-ring (bicyclic) bond motifs is 1. The highest BCUT2D eigenvalue weighted by molar-refractivity contribution is 5.76.